The van der Waals surface area contributed by atoms with Gasteiger partial charge in [-0.15, -0.1) is 12.1 Å². The zero-order valence-electron chi connectivity index (χ0n) is 8.69. The summed E-state index contributed by atoms with van der Waals surface area (Å²) < 4.78 is 30.2. The van der Waals surface area contributed by atoms with Crippen LogP contribution in [0.25, 0.3) is 0 Å². The Labute approximate surface area is 105 Å². The zero-order chi connectivity index (χ0) is 11.8. The maximum atomic E-state index is 12.6. The number of hydrogen-bond donors (Lipinski definition) is 0. The molecule has 1 aromatic carbocycles. The van der Waals surface area contributed by atoms with Crippen molar-refractivity contribution in [2.45, 2.75) is 13.8 Å². The number of halogens is 3. The van der Waals surface area contributed by atoms with E-state index in [1.165, 1.54) is 16.3 Å². The Morgan fingerprint density at radius 3 is 2.47 bits per heavy atom. The molecule has 0 bridgehead atoms. The van der Waals surface area contributed by atoms with E-state index < -0.39 is 11.6 Å². The van der Waals surface area contributed by atoms with Crippen LogP contribution in [0.4, 0.5) is 8.78 Å². The number of ether oxygens (including phenoxy) is 1. The average molecular weight is 330 g/mol. The molecule has 80 valence electrons. The molecular formula is C10H11BrF2OZn. The molecule has 0 saturated carbocycles. The quantitative estimate of drug-likeness (QED) is 0.607. The first kappa shape index (κ1) is 15.0. The normalized spacial score (nSPS) is 9.60. The van der Waals surface area contributed by atoms with Crippen molar-refractivity contribution in [3.05, 3.63) is 29.8 Å². The molecule has 15 heavy (non-hydrogen) atoms. The van der Waals surface area contributed by atoms with E-state index in [-0.39, 0.29) is 5.75 Å². The summed E-state index contributed by atoms with van der Waals surface area (Å²) in [4.78, 5) is 0. The molecule has 0 aliphatic carbocycles. The van der Waals surface area contributed by atoms with Crippen molar-refractivity contribution in [2.75, 3.05) is 6.61 Å². The Balaban J connectivity index is 0.000000921. The van der Waals surface area contributed by atoms with Crippen molar-refractivity contribution < 1.29 is 29.9 Å². The molecule has 1 rings (SSSR count). The van der Waals surface area contributed by atoms with Crippen LogP contribution >= 0.6 is 13.6 Å². The first-order chi connectivity index (χ1) is 7.09. The summed E-state index contributed by atoms with van der Waals surface area (Å²) in [6.45, 7) is 4.42. The van der Waals surface area contributed by atoms with Crippen LogP contribution in [0.5, 0.6) is 5.75 Å². The average Bonchev–Trinajstić information content (AvgIpc) is 2.23. The molecule has 0 atom stereocenters. The third-order valence-corrected chi connectivity index (χ3v) is 1.40. The molecule has 0 heterocycles. The minimum absolute atomic E-state index is 0.243. The van der Waals surface area contributed by atoms with E-state index in [9.17, 15) is 8.78 Å². The Bertz CT molecular complexity index is 295. The van der Waals surface area contributed by atoms with Crippen molar-refractivity contribution in [3.8, 4) is 5.75 Å². The molecule has 0 amide bonds. The van der Waals surface area contributed by atoms with Gasteiger partial charge in [0.25, 0.3) is 0 Å². The van der Waals surface area contributed by atoms with Crippen molar-refractivity contribution in [3.63, 3.8) is 0 Å². The van der Waals surface area contributed by atoms with Gasteiger partial charge in [0.15, 0.2) is 0 Å². The van der Waals surface area contributed by atoms with Gasteiger partial charge in [0, 0.05) is 11.6 Å². The second-order valence-electron chi connectivity index (χ2n) is 3.20. The number of rotatable bonds is 3. The fraction of sp³-hybridized carbons (Fsp3) is 0.400. The van der Waals surface area contributed by atoms with E-state index >= 15 is 0 Å². The molecule has 0 N–H and O–H groups in total. The third-order valence-electron chi connectivity index (χ3n) is 1.40. The summed E-state index contributed by atoms with van der Waals surface area (Å²) >= 11 is 4.25. The van der Waals surface area contributed by atoms with Crippen LogP contribution in [0.15, 0.2) is 12.1 Å². The molecule has 0 radical (unpaired) electrons. The molecule has 0 spiro atoms. The summed E-state index contributed by atoms with van der Waals surface area (Å²) in [7, 11) is 0. The topological polar surface area (TPSA) is 9.23 Å². The van der Waals surface area contributed by atoms with E-state index in [0.29, 0.717) is 12.5 Å². The summed E-state index contributed by atoms with van der Waals surface area (Å²) in [5, 5.41) is 0. The van der Waals surface area contributed by atoms with E-state index in [1.807, 2.05) is 13.8 Å². The van der Waals surface area contributed by atoms with Gasteiger partial charge in [-0.3, -0.25) is 4.39 Å². The Kier molecular flexibility index (Phi) is 8.16. The van der Waals surface area contributed by atoms with Crippen molar-refractivity contribution in [1.29, 1.82) is 0 Å². The van der Waals surface area contributed by atoms with Gasteiger partial charge in [0.2, 0.25) is 0 Å². The standard InChI is InChI=1S/C10H11F2O.BrH.Zn/c1-7(2)6-13-8-3-4-9(11)10(12)5-8;;/h4-5,7H,6H2,1-2H3;1H;/q-1;;+2/p-1. The molecule has 0 aliphatic rings. The summed E-state index contributed by atoms with van der Waals surface area (Å²) in [5.74, 6) is -1.22. The van der Waals surface area contributed by atoms with Crippen molar-refractivity contribution in [2.24, 2.45) is 5.92 Å². The SMILES string of the molecule is CC(C)COc1[c-]cc(F)c(F)c1.[Zn+][Br]. The number of hydrogen-bond acceptors (Lipinski definition) is 1. The molecule has 0 fully saturated rings. The van der Waals surface area contributed by atoms with Gasteiger partial charge in [-0.25, -0.2) is 4.39 Å². The monoisotopic (exact) mass is 328 g/mol. The second-order valence-corrected chi connectivity index (χ2v) is 3.20. The van der Waals surface area contributed by atoms with Crippen LogP contribution in [-0.2, 0) is 16.3 Å². The molecule has 5 heteroatoms. The predicted molar refractivity (Wildman–Crippen MR) is 54.5 cm³/mol. The Morgan fingerprint density at radius 2 is 2.00 bits per heavy atom. The fourth-order valence-electron chi connectivity index (χ4n) is 0.769. The van der Waals surface area contributed by atoms with Crippen LogP contribution in [-0.4, -0.2) is 6.61 Å². The molecule has 1 nitrogen and oxygen atoms in total. The number of benzene rings is 1. The summed E-state index contributed by atoms with van der Waals surface area (Å²) in [6, 6.07) is 4.43. The van der Waals surface area contributed by atoms with E-state index in [4.69, 9.17) is 4.74 Å². The van der Waals surface area contributed by atoms with E-state index in [1.54, 1.807) is 0 Å². The van der Waals surface area contributed by atoms with Crippen LogP contribution in [0, 0.1) is 23.6 Å². The molecule has 0 unspecified atom stereocenters. The third kappa shape index (κ3) is 6.21. The van der Waals surface area contributed by atoms with E-state index in [2.05, 4.69) is 19.7 Å². The molecule has 0 aromatic heterocycles. The Hall–Kier alpha value is -0.0166. The van der Waals surface area contributed by atoms with Gasteiger partial charge >= 0.3 is 30.0 Å². The van der Waals surface area contributed by atoms with Gasteiger partial charge in [-0.05, 0) is 5.92 Å². The summed E-state index contributed by atoms with van der Waals surface area (Å²) in [5.41, 5.74) is 0. The molecule has 0 saturated heterocycles. The summed E-state index contributed by atoms with van der Waals surface area (Å²) in [6.07, 6.45) is 0. The molecule has 0 aliphatic heterocycles. The van der Waals surface area contributed by atoms with E-state index in [0.717, 1.165) is 12.1 Å². The van der Waals surface area contributed by atoms with Gasteiger partial charge in [-0.2, -0.15) is 0 Å². The van der Waals surface area contributed by atoms with Crippen molar-refractivity contribution in [1.82, 2.24) is 0 Å². The first-order valence-corrected chi connectivity index (χ1v) is 11.3. The predicted octanol–water partition coefficient (Wildman–Crippen LogP) is 3.64. The van der Waals surface area contributed by atoms with Gasteiger partial charge in [0.05, 0.1) is 12.4 Å². The van der Waals surface area contributed by atoms with Gasteiger partial charge in [-0.1, -0.05) is 19.9 Å². The Morgan fingerprint density at radius 1 is 1.40 bits per heavy atom. The fourth-order valence-corrected chi connectivity index (χ4v) is 0.769. The van der Waals surface area contributed by atoms with Gasteiger partial charge in [0.1, 0.15) is 0 Å². The zero-order valence-corrected chi connectivity index (χ0v) is 13.2. The maximum absolute atomic E-state index is 12.6. The molecular weight excluding hydrogens is 319 g/mol. The van der Waals surface area contributed by atoms with Crippen LogP contribution in [0.1, 0.15) is 13.8 Å². The van der Waals surface area contributed by atoms with Crippen LogP contribution < -0.4 is 4.74 Å². The second kappa shape index (κ2) is 8.17. The van der Waals surface area contributed by atoms with Crippen molar-refractivity contribution >= 4 is 13.6 Å². The van der Waals surface area contributed by atoms with Gasteiger partial charge < -0.3 is 4.74 Å². The van der Waals surface area contributed by atoms with Crippen LogP contribution in [0.2, 0.25) is 0 Å². The van der Waals surface area contributed by atoms with Crippen LogP contribution in [0.3, 0.4) is 0 Å². The molecule has 1 aromatic rings. The first-order valence-electron chi connectivity index (χ1n) is 4.36. The minimum atomic E-state index is -0.906.